The Bertz CT molecular complexity index is 1580. The molecule has 0 saturated carbocycles. The molecular weight excluding hydrogens is 612 g/mol. The molecule has 2 aromatic carbocycles. The summed E-state index contributed by atoms with van der Waals surface area (Å²) < 4.78 is 16.1. The first kappa shape index (κ1) is 37.6. The number of amides is 1. The lowest BCUT2D eigenvalue weighted by molar-refractivity contribution is -0.158. The van der Waals surface area contributed by atoms with Crippen LogP contribution in [0, 0.1) is 17.8 Å². The fourth-order valence-corrected chi connectivity index (χ4v) is 5.00. The maximum Gasteiger partial charge on any atom is 0.309 e. The number of carbonyl (C=O) groups excluding carboxylic acids is 5. The van der Waals surface area contributed by atoms with Crippen molar-refractivity contribution in [2.45, 2.75) is 78.6 Å². The van der Waals surface area contributed by atoms with Gasteiger partial charge in [-0.1, -0.05) is 81.1 Å². The van der Waals surface area contributed by atoms with Crippen molar-refractivity contribution in [3.63, 3.8) is 0 Å². The molecule has 3 atom stereocenters. The van der Waals surface area contributed by atoms with Crippen molar-refractivity contribution in [3.8, 4) is 0 Å². The summed E-state index contributed by atoms with van der Waals surface area (Å²) in [6.45, 7) is 12.3. The quantitative estimate of drug-likeness (QED) is 0.110. The van der Waals surface area contributed by atoms with E-state index in [0.29, 0.717) is 11.2 Å². The summed E-state index contributed by atoms with van der Waals surface area (Å²) >= 11 is 0. The third kappa shape index (κ3) is 12.4. The molecule has 48 heavy (non-hydrogen) atoms. The molecule has 0 aliphatic carbocycles. The zero-order valence-electron chi connectivity index (χ0n) is 28.4. The van der Waals surface area contributed by atoms with Crippen LogP contribution in [0.4, 0.5) is 0 Å². The van der Waals surface area contributed by atoms with Crippen LogP contribution in [0.25, 0.3) is 10.9 Å². The summed E-state index contributed by atoms with van der Waals surface area (Å²) in [6.07, 6.45) is 0.416. The standard InChI is InChI=1S/C38H46N2O8/c1-7-19-46-37(45)30(25(2)3)23-33(41)32(22-29-18-17-27-15-11-12-16-31(27)39-29)40-36(44)28(21-35(43)48-38(4,5)6)20-34(42)47-24-26-13-9-8-10-14-26/h7-18,25,28,30,32H,1,19-24H2,2-6H3,(H,40,44)/t28-,30-,32-/m0/s1. The number of esters is 3. The monoisotopic (exact) mass is 658 g/mol. The predicted molar refractivity (Wildman–Crippen MR) is 181 cm³/mol. The maximum absolute atomic E-state index is 13.9. The van der Waals surface area contributed by atoms with Gasteiger partial charge in [-0.3, -0.25) is 29.0 Å². The highest BCUT2D eigenvalue weighted by molar-refractivity contribution is 5.94. The fourth-order valence-electron chi connectivity index (χ4n) is 5.00. The molecule has 256 valence electrons. The van der Waals surface area contributed by atoms with E-state index in [1.807, 2.05) is 62.4 Å². The number of benzene rings is 2. The average Bonchev–Trinajstić information content (AvgIpc) is 3.03. The van der Waals surface area contributed by atoms with Crippen molar-refractivity contribution in [1.29, 1.82) is 0 Å². The van der Waals surface area contributed by atoms with Crippen molar-refractivity contribution < 1.29 is 38.2 Å². The van der Waals surface area contributed by atoms with E-state index in [2.05, 4.69) is 16.9 Å². The second kappa shape index (κ2) is 17.9. The molecule has 0 fully saturated rings. The van der Waals surface area contributed by atoms with Gasteiger partial charge >= 0.3 is 17.9 Å². The smallest absolute Gasteiger partial charge is 0.309 e. The number of ketones is 1. The molecule has 1 amide bonds. The minimum atomic E-state index is -1.19. The van der Waals surface area contributed by atoms with Crippen LogP contribution in [-0.2, 0) is 51.2 Å². The van der Waals surface area contributed by atoms with Crippen LogP contribution in [0.2, 0.25) is 0 Å². The van der Waals surface area contributed by atoms with Crippen LogP contribution in [0.5, 0.6) is 0 Å². The van der Waals surface area contributed by atoms with E-state index in [4.69, 9.17) is 14.2 Å². The van der Waals surface area contributed by atoms with E-state index in [1.165, 1.54) is 6.08 Å². The van der Waals surface area contributed by atoms with E-state index in [-0.39, 0.29) is 32.0 Å². The number of aromatic nitrogens is 1. The minimum Gasteiger partial charge on any atom is -0.461 e. The highest BCUT2D eigenvalue weighted by atomic mass is 16.6. The van der Waals surface area contributed by atoms with Crippen LogP contribution in [0.15, 0.2) is 79.4 Å². The number of hydrogen-bond acceptors (Lipinski definition) is 9. The van der Waals surface area contributed by atoms with E-state index in [9.17, 15) is 24.0 Å². The highest BCUT2D eigenvalue weighted by Crippen LogP contribution is 2.22. The molecule has 10 nitrogen and oxygen atoms in total. The van der Waals surface area contributed by atoms with E-state index in [0.717, 1.165) is 10.9 Å². The molecule has 10 heteroatoms. The van der Waals surface area contributed by atoms with Gasteiger partial charge in [-0.05, 0) is 44.4 Å². The molecule has 1 aromatic heterocycles. The number of carbonyl (C=O) groups is 5. The molecule has 0 unspecified atom stereocenters. The number of para-hydroxylation sites is 1. The van der Waals surface area contributed by atoms with Gasteiger partial charge in [0.1, 0.15) is 18.8 Å². The van der Waals surface area contributed by atoms with Gasteiger partial charge in [-0.2, -0.15) is 0 Å². The first-order chi connectivity index (χ1) is 22.8. The fraction of sp³-hybridized carbons (Fsp3) is 0.421. The number of rotatable bonds is 17. The Morgan fingerprint density at radius 1 is 0.854 bits per heavy atom. The number of hydrogen-bond donors (Lipinski definition) is 1. The summed E-state index contributed by atoms with van der Waals surface area (Å²) in [5.74, 6) is -5.23. The van der Waals surface area contributed by atoms with Crippen molar-refractivity contribution in [2.75, 3.05) is 6.61 Å². The zero-order chi connectivity index (χ0) is 35.3. The number of nitrogens with one attached hydrogen (secondary N) is 1. The predicted octanol–water partition coefficient (Wildman–Crippen LogP) is 5.70. The SMILES string of the molecule is C=CCOC(=O)[C@@H](CC(=O)[C@H](Cc1ccc2ccccc2n1)NC(=O)[C@@H](CC(=O)OCc1ccccc1)CC(=O)OC(C)(C)C)C(C)C. The van der Waals surface area contributed by atoms with Gasteiger partial charge in [-0.15, -0.1) is 0 Å². The molecule has 3 aromatic rings. The van der Waals surface area contributed by atoms with Crippen molar-refractivity contribution in [3.05, 3.63) is 90.6 Å². The molecule has 0 bridgehead atoms. The first-order valence-electron chi connectivity index (χ1n) is 16.1. The zero-order valence-corrected chi connectivity index (χ0v) is 28.4. The third-order valence-electron chi connectivity index (χ3n) is 7.51. The van der Waals surface area contributed by atoms with Crippen molar-refractivity contribution in [2.24, 2.45) is 17.8 Å². The number of nitrogens with zero attached hydrogens (tertiary/aromatic N) is 1. The number of pyridine rings is 1. The molecule has 1 heterocycles. The lowest BCUT2D eigenvalue weighted by Gasteiger charge is -2.25. The molecular formula is C38H46N2O8. The second-order valence-electron chi connectivity index (χ2n) is 13.0. The van der Waals surface area contributed by atoms with Crippen LogP contribution < -0.4 is 5.32 Å². The molecule has 3 rings (SSSR count). The Morgan fingerprint density at radius 2 is 1.52 bits per heavy atom. The Balaban J connectivity index is 1.88. The van der Waals surface area contributed by atoms with Crippen LogP contribution in [0.1, 0.15) is 65.1 Å². The lowest BCUT2D eigenvalue weighted by atomic mass is 9.87. The second-order valence-corrected chi connectivity index (χ2v) is 13.0. The minimum absolute atomic E-state index is 0.00410. The molecule has 0 aliphatic heterocycles. The highest BCUT2D eigenvalue weighted by Gasteiger charge is 2.34. The van der Waals surface area contributed by atoms with Crippen LogP contribution >= 0.6 is 0 Å². The molecule has 0 radical (unpaired) electrons. The van der Waals surface area contributed by atoms with Gasteiger partial charge in [0.2, 0.25) is 5.91 Å². The number of fused-ring (bicyclic) bond motifs is 1. The van der Waals surface area contributed by atoms with E-state index < -0.39 is 65.9 Å². The number of ether oxygens (including phenoxy) is 3. The summed E-state index contributed by atoms with van der Waals surface area (Å²) in [4.78, 5) is 71.1. The Labute approximate surface area is 282 Å². The molecule has 1 N–H and O–H groups in total. The largest absolute Gasteiger partial charge is 0.461 e. The van der Waals surface area contributed by atoms with Crippen LogP contribution in [-0.4, -0.2) is 52.8 Å². The Hall–Kier alpha value is -4.86. The molecule has 0 aliphatic rings. The van der Waals surface area contributed by atoms with Gasteiger partial charge in [0.05, 0.1) is 36.2 Å². The third-order valence-corrected chi connectivity index (χ3v) is 7.51. The summed E-state index contributed by atoms with van der Waals surface area (Å²) in [7, 11) is 0. The average molecular weight is 659 g/mol. The maximum atomic E-state index is 13.9. The van der Waals surface area contributed by atoms with Crippen molar-refractivity contribution >= 4 is 40.5 Å². The lowest BCUT2D eigenvalue weighted by Crippen LogP contribution is -2.47. The summed E-state index contributed by atoms with van der Waals surface area (Å²) in [5.41, 5.74) is 1.19. The van der Waals surface area contributed by atoms with E-state index >= 15 is 0 Å². The topological polar surface area (TPSA) is 138 Å². The van der Waals surface area contributed by atoms with Gasteiger partial charge in [-0.25, -0.2) is 0 Å². The molecule has 0 saturated heterocycles. The molecule has 0 spiro atoms. The summed E-state index contributed by atoms with van der Waals surface area (Å²) in [6, 6.07) is 19.1. The van der Waals surface area contributed by atoms with Gasteiger partial charge in [0.15, 0.2) is 5.78 Å². The Kier molecular flexibility index (Phi) is 14.0. The van der Waals surface area contributed by atoms with Gasteiger partial charge < -0.3 is 19.5 Å². The summed E-state index contributed by atoms with van der Waals surface area (Å²) in [5, 5.41) is 3.68. The number of Topliss-reactive ketones (excluding diaryl/α,β-unsaturated/α-hetero) is 1. The van der Waals surface area contributed by atoms with Gasteiger partial charge in [0, 0.05) is 23.9 Å². The normalized spacial score (nSPS) is 13.2. The van der Waals surface area contributed by atoms with Gasteiger partial charge in [0.25, 0.3) is 0 Å². The van der Waals surface area contributed by atoms with Crippen LogP contribution in [0.3, 0.4) is 0 Å². The Morgan fingerprint density at radius 3 is 2.19 bits per heavy atom. The van der Waals surface area contributed by atoms with E-state index in [1.54, 1.807) is 39.0 Å². The van der Waals surface area contributed by atoms with Crippen molar-refractivity contribution in [1.82, 2.24) is 10.3 Å². The first-order valence-corrected chi connectivity index (χ1v) is 16.1.